The van der Waals surface area contributed by atoms with Crippen LogP contribution in [-0.4, -0.2) is 17.9 Å². The summed E-state index contributed by atoms with van der Waals surface area (Å²) < 4.78 is 4.73. The molecule has 74 valence electrons. The highest BCUT2D eigenvalue weighted by Gasteiger charge is 2.01. The lowest BCUT2D eigenvalue weighted by Gasteiger charge is -1.99. The van der Waals surface area contributed by atoms with Crippen molar-refractivity contribution in [1.82, 2.24) is 0 Å². The molecule has 0 atom stereocenters. The van der Waals surface area contributed by atoms with Crippen molar-refractivity contribution < 1.29 is 9.53 Å². The molecule has 0 aromatic rings. The summed E-state index contributed by atoms with van der Waals surface area (Å²) in [5.41, 5.74) is 0.652. The summed E-state index contributed by atoms with van der Waals surface area (Å²) in [7, 11) is 0. The van der Waals surface area contributed by atoms with Crippen LogP contribution in [0.15, 0.2) is 11.6 Å². The van der Waals surface area contributed by atoms with Crippen LogP contribution in [0.5, 0.6) is 0 Å². The Morgan fingerprint density at radius 1 is 1.50 bits per heavy atom. The summed E-state index contributed by atoms with van der Waals surface area (Å²) in [4.78, 5) is 10.8. The normalized spacial score (nSPS) is 9.42. The zero-order valence-corrected chi connectivity index (χ0v) is 7.77. The molecule has 0 aliphatic rings. The van der Waals surface area contributed by atoms with E-state index in [0.29, 0.717) is 17.5 Å². The van der Waals surface area contributed by atoms with Crippen LogP contribution in [0.2, 0.25) is 0 Å². The number of halogens is 1. The van der Waals surface area contributed by atoms with Gasteiger partial charge in [0.1, 0.15) is 0 Å². The predicted molar refractivity (Wildman–Crippen MR) is 57.6 cm³/mol. The van der Waals surface area contributed by atoms with Gasteiger partial charge in [-0.05, 0) is 13.8 Å². The van der Waals surface area contributed by atoms with Crippen LogP contribution in [0.25, 0.3) is 0 Å². The van der Waals surface area contributed by atoms with Crippen LogP contribution in [0.4, 0.5) is 0 Å². The molecule has 0 saturated carbocycles. The number of esters is 1. The quantitative estimate of drug-likeness (QED) is 0.429. The van der Waals surface area contributed by atoms with Crippen LogP contribution in [0.1, 0.15) is 28.7 Å². The molecule has 0 fully saturated rings. The van der Waals surface area contributed by atoms with Crippen molar-refractivity contribution in [2.75, 3.05) is 11.9 Å². The predicted octanol–water partition coefficient (Wildman–Crippen LogP) is 3.16. The van der Waals surface area contributed by atoms with E-state index in [9.17, 15) is 4.79 Å². The molecular weight excluding hydrogens is 220 g/mol. The van der Waals surface area contributed by atoms with Crippen molar-refractivity contribution >= 4 is 21.9 Å². The summed E-state index contributed by atoms with van der Waals surface area (Å²) >= 11 is 3.19. The van der Waals surface area contributed by atoms with Crippen LogP contribution >= 0.6 is 15.9 Å². The third kappa shape index (κ3) is 7.79. The lowest BCUT2D eigenvalue weighted by molar-refractivity contribution is -0.138. The van der Waals surface area contributed by atoms with Gasteiger partial charge in [-0.3, -0.25) is 0 Å². The average molecular weight is 239 g/mol. The first-order chi connectivity index (χ1) is 4.72. The number of hydrogen-bond acceptors (Lipinski definition) is 2. The van der Waals surface area contributed by atoms with Crippen LogP contribution in [0, 0.1) is 0 Å². The number of allylic oxidation sites excluding steroid dienone is 1. The first-order valence-corrected chi connectivity index (χ1v) is 4.24. The summed E-state index contributed by atoms with van der Waals surface area (Å²) in [6.07, 6.45) is 1.78. The van der Waals surface area contributed by atoms with E-state index >= 15 is 0 Å². The van der Waals surface area contributed by atoms with Gasteiger partial charge in [0, 0.05) is 10.9 Å². The Labute approximate surface area is 84.1 Å². The lowest BCUT2D eigenvalue weighted by atomic mass is 10.3. The smallest absolute Gasteiger partial charge is 0.333 e. The third-order valence-electron chi connectivity index (χ3n) is 0.981. The molecule has 0 aromatic heterocycles. The van der Waals surface area contributed by atoms with Gasteiger partial charge in [-0.15, -0.1) is 0 Å². The van der Waals surface area contributed by atoms with Crippen molar-refractivity contribution in [3.63, 3.8) is 0 Å². The van der Waals surface area contributed by atoms with E-state index < -0.39 is 0 Å². The van der Waals surface area contributed by atoms with Gasteiger partial charge in [-0.1, -0.05) is 36.9 Å². The van der Waals surface area contributed by atoms with Crippen molar-refractivity contribution in [2.45, 2.75) is 28.7 Å². The molecule has 0 bridgehead atoms. The fourth-order valence-electron chi connectivity index (χ4n) is 0.444. The van der Waals surface area contributed by atoms with Gasteiger partial charge in [0.15, 0.2) is 0 Å². The SMILES string of the molecule is C.C.CCOC(=O)/C(C)=C/CBr. The minimum Gasteiger partial charge on any atom is -0.463 e. The maximum absolute atomic E-state index is 10.8. The monoisotopic (exact) mass is 238 g/mol. The molecule has 0 heterocycles. The van der Waals surface area contributed by atoms with Gasteiger partial charge in [0.2, 0.25) is 0 Å². The molecule has 0 rings (SSSR count). The Hall–Kier alpha value is -0.310. The fourth-order valence-corrected chi connectivity index (χ4v) is 0.930. The summed E-state index contributed by atoms with van der Waals surface area (Å²) in [6, 6.07) is 0. The van der Waals surface area contributed by atoms with Gasteiger partial charge in [-0.25, -0.2) is 4.79 Å². The number of carbonyl (C=O) groups excluding carboxylic acids is 1. The Balaban J connectivity index is -0.000000405. The van der Waals surface area contributed by atoms with Gasteiger partial charge < -0.3 is 4.74 Å². The van der Waals surface area contributed by atoms with Crippen molar-refractivity contribution in [1.29, 1.82) is 0 Å². The molecule has 0 amide bonds. The van der Waals surface area contributed by atoms with Crippen molar-refractivity contribution in [3.8, 4) is 0 Å². The van der Waals surface area contributed by atoms with Gasteiger partial charge in [0.05, 0.1) is 6.61 Å². The molecule has 3 heteroatoms. The zero-order valence-electron chi connectivity index (χ0n) is 6.19. The second kappa shape index (κ2) is 10.7. The second-order valence-corrected chi connectivity index (χ2v) is 2.41. The Morgan fingerprint density at radius 2 is 2.00 bits per heavy atom. The summed E-state index contributed by atoms with van der Waals surface area (Å²) in [6.45, 7) is 3.96. The van der Waals surface area contributed by atoms with Crippen LogP contribution in [0.3, 0.4) is 0 Å². The zero-order chi connectivity index (χ0) is 7.98. The van der Waals surface area contributed by atoms with E-state index in [-0.39, 0.29) is 20.8 Å². The molecule has 0 aliphatic heterocycles. The van der Waals surface area contributed by atoms with Crippen LogP contribution < -0.4 is 0 Å². The minimum atomic E-state index is -0.234. The molecule has 0 aromatic carbocycles. The van der Waals surface area contributed by atoms with Gasteiger partial charge in [0.25, 0.3) is 0 Å². The van der Waals surface area contributed by atoms with Crippen molar-refractivity contribution in [3.05, 3.63) is 11.6 Å². The van der Waals surface area contributed by atoms with E-state index in [1.807, 2.05) is 0 Å². The van der Waals surface area contributed by atoms with E-state index in [1.54, 1.807) is 19.9 Å². The Kier molecular flexibility index (Phi) is 15.8. The minimum absolute atomic E-state index is 0. The molecule has 2 nitrogen and oxygen atoms in total. The number of rotatable bonds is 3. The Bertz CT molecular complexity index is 141. The summed E-state index contributed by atoms with van der Waals surface area (Å²) in [5, 5.41) is 0.692. The molecule has 0 N–H and O–H groups in total. The number of carbonyl (C=O) groups is 1. The lowest BCUT2D eigenvalue weighted by Crippen LogP contribution is -2.04. The van der Waals surface area contributed by atoms with Gasteiger partial charge in [-0.2, -0.15) is 0 Å². The van der Waals surface area contributed by atoms with E-state index in [0.717, 1.165) is 0 Å². The van der Waals surface area contributed by atoms with E-state index in [1.165, 1.54) is 0 Å². The maximum atomic E-state index is 10.8. The topological polar surface area (TPSA) is 26.3 Å². The fraction of sp³-hybridized carbons (Fsp3) is 0.667. The molecule has 0 spiro atoms. The molecular formula is C9H19BrO2. The largest absolute Gasteiger partial charge is 0.463 e. The Morgan fingerprint density at radius 3 is 2.33 bits per heavy atom. The van der Waals surface area contributed by atoms with E-state index in [4.69, 9.17) is 4.74 Å². The molecule has 12 heavy (non-hydrogen) atoms. The first-order valence-electron chi connectivity index (χ1n) is 3.12. The van der Waals surface area contributed by atoms with Gasteiger partial charge >= 0.3 is 5.97 Å². The van der Waals surface area contributed by atoms with E-state index in [2.05, 4.69) is 15.9 Å². The third-order valence-corrected chi connectivity index (χ3v) is 1.30. The summed E-state index contributed by atoms with van der Waals surface area (Å²) in [5.74, 6) is -0.234. The highest BCUT2D eigenvalue weighted by atomic mass is 79.9. The number of alkyl halides is 1. The van der Waals surface area contributed by atoms with Crippen LogP contribution in [-0.2, 0) is 9.53 Å². The number of ether oxygens (including phenoxy) is 1. The van der Waals surface area contributed by atoms with Crippen molar-refractivity contribution in [2.24, 2.45) is 0 Å². The molecule has 0 unspecified atom stereocenters. The molecule has 0 radical (unpaired) electrons. The number of hydrogen-bond donors (Lipinski definition) is 0. The second-order valence-electron chi connectivity index (χ2n) is 1.76. The highest BCUT2D eigenvalue weighted by Crippen LogP contribution is 1.97. The highest BCUT2D eigenvalue weighted by molar-refractivity contribution is 9.09. The standard InChI is InChI=1S/C7H11BrO2.2CH4/c1-3-10-7(9)6(2)4-5-8;;/h4H,3,5H2,1-2H3;2*1H4/b6-4+;;. The average Bonchev–Trinajstić information content (AvgIpc) is 1.89. The first kappa shape index (κ1) is 17.7. The molecule has 0 saturated heterocycles. The maximum Gasteiger partial charge on any atom is 0.333 e. The molecule has 0 aliphatic carbocycles.